The molecule has 0 aliphatic heterocycles. The molecule has 1 aromatic rings. The average Bonchev–Trinajstić information content (AvgIpc) is 2.50. The van der Waals surface area contributed by atoms with Gasteiger partial charge in [0, 0.05) is 5.56 Å². The van der Waals surface area contributed by atoms with Crippen LogP contribution in [0.1, 0.15) is 44.3 Å². The second kappa shape index (κ2) is 3.16. The number of hydrogen-bond donors (Lipinski definition) is 0. The summed E-state index contributed by atoms with van der Waals surface area (Å²) in [6.45, 7) is 8.47. The number of fused-ring (bicyclic) bond motifs is 1. The van der Waals surface area contributed by atoms with Gasteiger partial charge in [0.05, 0.1) is 0 Å². The van der Waals surface area contributed by atoms with Crippen LogP contribution in [0.2, 0.25) is 0 Å². The van der Waals surface area contributed by atoms with Crippen LogP contribution in [0.15, 0.2) is 22.1 Å². The highest BCUT2D eigenvalue weighted by atomic mass is 16.3. The van der Waals surface area contributed by atoms with Crippen molar-refractivity contribution in [2.75, 3.05) is 0 Å². The first-order chi connectivity index (χ1) is 6.59. The highest BCUT2D eigenvalue weighted by Crippen LogP contribution is 2.34. The predicted octanol–water partition coefficient (Wildman–Crippen LogP) is 4.19. The molecule has 0 spiro atoms. The Morgan fingerprint density at radius 2 is 1.86 bits per heavy atom. The lowest BCUT2D eigenvalue weighted by Crippen LogP contribution is -1.82. The molecule has 74 valence electrons. The van der Waals surface area contributed by atoms with Crippen LogP contribution in [0.4, 0.5) is 0 Å². The molecule has 0 radical (unpaired) electrons. The zero-order valence-electron chi connectivity index (χ0n) is 9.27. The number of hydrogen-bond acceptors (Lipinski definition) is 1. The molecule has 1 nitrogen and oxygen atoms in total. The molecule has 1 aliphatic carbocycles. The van der Waals surface area contributed by atoms with Gasteiger partial charge in [-0.1, -0.05) is 11.6 Å². The molecule has 0 bridgehead atoms. The first-order valence-electron chi connectivity index (χ1n) is 5.04. The maximum absolute atomic E-state index is 5.74. The van der Waals surface area contributed by atoms with E-state index >= 15 is 0 Å². The Labute approximate surface area is 85.1 Å². The van der Waals surface area contributed by atoms with Gasteiger partial charge < -0.3 is 4.42 Å². The number of allylic oxidation sites excluding steroid dienone is 4. The summed E-state index contributed by atoms with van der Waals surface area (Å²) in [7, 11) is 0. The Bertz CT molecular complexity index is 430. The van der Waals surface area contributed by atoms with Crippen molar-refractivity contribution in [3.05, 3.63) is 34.8 Å². The average molecular weight is 188 g/mol. The zero-order valence-corrected chi connectivity index (χ0v) is 9.27. The van der Waals surface area contributed by atoms with E-state index < -0.39 is 0 Å². The van der Waals surface area contributed by atoms with E-state index in [2.05, 4.69) is 32.9 Å². The lowest BCUT2D eigenvalue weighted by Gasteiger charge is -2.01. The van der Waals surface area contributed by atoms with Gasteiger partial charge in [0.1, 0.15) is 11.5 Å². The van der Waals surface area contributed by atoms with Crippen LogP contribution < -0.4 is 0 Å². The van der Waals surface area contributed by atoms with Gasteiger partial charge in [0.15, 0.2) is 0 Å². The van der Waals surface area contributed by atoms with Crippen molar-refractivity contribution >= 4 is 11.1 Å². The predicted molar refractivity (Wildman–Crippen MR) is 60.0 cm³/mol. The van der Waals surface area contributed by atoms with E-state index in [9.17, 15) is 0 Å². The van der Waals surface area contributed by atoms with Crippen molar-refractivity contribution in [1.29, 1.82) is 0 Å². The van der Waals surface area contributed by atoms with Gasteiger partial charge in [-0.3, -0.25) is 0 Å². The Balaban J connectivity index is 2.68. The summed E-state index contributed by atoms with van der Waals surface area (Å²) < 4.78 is 5.74. The van der Waals surface area contributed by atoms with Crippen molar-refractivity contribution in [2.45, 2.75) is 34.1 Å². The van der Waals surface area contributed by atoms with Crippen LogP contribution in [0.25, 0.3) is 11.1 Å². The van der Waals surface area contributed by atoms with Crippen molar-refractivity contribution in [3.63, 3.8) is 0 Å². The minimum absolute atomic E-state index is 0.997. The van der Waals surface area contributed by atoms with Crippen LogP contribution in [-0.4, -0.2) is 0 Å². The van der Waals surface area contributed by atoms with E-state index in [0.29, 0.717) is 0 Å². The van der Waals surface area contributed by atoms with E-state index in [1.807, 2.05) is 6.92 Å². The van der Waals surface area contributed by atoms with Crippen LogP contribution in [0.5, 0.6) is 0 Å². The SMILES string of the molecule is CC1=CCC(C)=C(C)c2oc(C)cc21. The second-order valence-corrected chi connectivity index (χ2v) is 4.10. The van der Waals surface area contributed by atoms with E-state index in [-0.39, 0.29) is 0 Å². The Morgan fingerprint density at radius 3 is 2.57 bits per heavy atom. The molecule has 0 N–H and O–H groups in total. The largest absolute Gasteiger partial charge is 0.461 e. The monoisotopic (exact) mass is 188 g/mol. The molecule has 0 fully saturated rings. The van der Waals surface area contributed by atoms with Crippen molar-refractivity contribution < 1.29 is 4.42 Å². The molecule has 1 aliphatic rings. The van der Waals surface area contributed by atoms with Crippen LogP contribution in [0, 0.1) is 6.92 Å². The van der Waals surface area contributed by atoms with Crippen LogP contribution in [0.3, 0.4) is 0 Å². The summed E-state index contributed by atoms with van der Waals surface area (Å²) in [4.78, 5) is 0. The normalized spacial score (nSPS) is 16.4. The molecular weight excluding hydrogens is 172 g/mol. The highest BCUT2D eigenvalue weighted by Gasteiger charge is 2.16. The molecule has 0 saturated carbocycles. The van der Waals surface area contributed by atoms with Crippen LogP contribution in [-0.2, 0) is 0 Å². The highest BCUT2D eigenvalue weighted by molar-refractivity contribution is 5.79. The third-order valence-electron chi connectivity index (χ3n) is 2.98. The van der Waals surface area contributed by atoms with Gasteiger partial charge in [0.2, 0.25) is 0 Å². The third-order valence-corrected chi connectivity index (χ3v) is 2.98. The minimum atomic E-state index is 0.997. The lowest BCUT2D eigenvalue weighted by molar-refractivity contribution is 0.520. The molecule has 1 aromatic heterocycles. The van der Waals surface area contributed by atoms with Gasteiger partial charge >= 0.3 is 0 Å². The van der Waals surface area contributed by atoms with Gasteiger partial charge in [-0.05, 0) is 51.3 Å². The quantitative estimate of drug-likeness (QED) is 0.595. The summed E-state index contributed by atoms with van der Waals surface area (Å²) in [5, 5.41) is 0. The molecule has 0 aromatic carbocycles. The van der Waals surface area contributed by atoms with Gasteiger partial charge in [-0.2, -0.15) is 0 Å². The Kier molecular flexibility index (Phi) is 2.10. The van der Waals surface area contributed by atoms with E-state index in [0.717, 1.165) is 17.9 Å². The number of rotatable bonds is 0. The fraction of sp³-hybridized carbons (Fsp3) is 0.385. The Hall–Kier alpha value is -1.24. The molecule has 1 heterocycles. The van der Waals surface area contributed by atoms with Gasteiger partial charge in [-0.25, -0.2) is 0 Å². The standard InChI is InChI=1S/C13H16O/c1-8-5-6-9(2)12-7-10(3)14-13(12)11(8)4/h6-7H,5H2,1-4H3. The van der Waals surface area contributed by atoms with E-state index in [1.165, 1.54) is 22.3 Å². The summed E-state index contributed by atoms with van der Waals surface area (Å²) in [6.07, 6.45) is 3.32. The fourth-order valence-electron chi connectivity index (χ4n) is 1.85. The minimum Gasteiger partial charge on any atom is -0.461 e. The van der Waals surface area contributed by atoms with Crippen molar-refractivity contribution in [1.82, 2.24) is 0 Å². The molecule has 0 unspecified atom stereocenters. The van der Waals surface area contributed by atoms with Crippen LogP contribution >= 0.6 is 0 Å². The maximum atomic E-state index is 5.74. The fourth-order valence-corrected chi connectivity index (χ4v) is 1.85. The Morgan fingerprint density at radius 1 is 1.14 bits per heavy atom. The molecule has 0 saturated heterocycles. The van der Waals surface area contributed by atoms with Crippen molar-refractivity contribution in [2.24, 2.45) is 0 Å². The molecule has 2 rings (SSSR count). The molecular formula is C13H16O. The number of aryl methyl sites for hydroxylation is 1. The first-order valence-corrected chi connectivity index (χ1v) is 5.04. The molecule has 1 heteroatoms. The summed E-state index contributed by atoms with van der Waals surface area (Å²) in [5.41, 5.74) is 5.28. The van der Waals surface area contributed by atoms with E-state index in [1.54, 1.807) is 0 Å². The summed E-state index contributed by atoms with van der Waals surface area (Å²) in [5.74, 6) is 2.06. The molecule has 0 amide bonds. The van der Waals surface area contributed by atoms with Gasteiger partial charge in [-0.15, -0.1) is 0 Å². The van der Waals surface area contributed by atoms with E-state index in [4.69, 9.17) is 4.42 Å². The second-order valence-electron chi connectivity index (χ2n) is 4.10. The maximum Gasteiger partial charge on any atom is 0.137 e. The smallest absolute Gasteiger partial charge is 0.137 e. The van der Waals surface area contributed by atoms with Crippen molar-refractivity contribution in [3.8, 4) is 0 Å². The molecule has 14 heavy (non-hydrogen) atoms. The number of furan rings is 1. The summed E-state index contributed by atoms with van der Waals surface area (Å²) in [6, 6.07) is 2.13. The zero-order chi connectivity index (χ0) is 10.3. The van der Waals surface area contributed by atoms with Gasteiger partial charge in [0.25, 0.3) is 0 Å². The lowest BCUT2D eigenvalue weighted by atomic mass is 10.1. The summed E-state index contributed by atoms with van der Waals surface area (Å²) >= 11 is 0. The molecule has 0 atom stereocenters. The topological polar surface area (TPSA) is 13.1 Å². The first kappa shape index (κ1) is 9.32. The third kappa shape index (κ3) is 1.33.